The zero-order valence-corrected chi connectivity index (χ0v) is 13.7. The van der Waals surface area contributed by atoms with Crippen LogP contribution in [0.2, 0.25) is 0 Å². The van der Waals surface area contributed by atoms with Gasteiger partial charge in [-0.2, -0.15) is 0 Å². The van der Waals surface area contributed by atoms with Gasteiger partial charge in [-0.15, -0.1) is 0 Å². The number of hydrogen-bond acceptors (Lipinski definition) is 4. The maximum absolute atomic E-state index is 12.3. The Bertz CT molecular complexity index is 995. The molecule has 7 heteroatoms. The molecule has 124 valence electrons. The summed E-state index contributed by atoms with van der Waals surface area (Å²) in [6.45, 7) is 1.87. The van der Waals surface area contributed by atoms with Crippen molar-refractivity contribution >= 4 is 28.4 Å². The van der Waals surface area contributed by atoms with Crippen LogP contribution in [0, 0.1) is 0 Å². The Balaban J connectivity index is 2.02. The zero-order valence-electron chi connectivity index (χ0n) is 13.7. The number of fused-ring (bicyclic) bond motifs is 3. The molecule has 0 atom stereocenters. The number of rotatable bonds is 2. The van der Waals surface area contributed by atoms with E-state index in [1.54, 1.807) is 37.3 Å². The molecular weight excluding hydrogens is 306 g/mol. The molecule has 0 radical (unpaired) electrons. The summed E-state index contributed by atoms with van der Waals surface area (Å²) < 4.78 is 1.87. The summed E-state index contributed by atoms with van der Waals surface area (Å²) in [6.07, 6.45) is 3.85. The van der Waals surface area contributed by atoms with E-state index in [1.807, 2.05) is 10.5 Å². The molecule has 24 heavy (non-hydrogen) atoms. The second kappa shape index (κ2) is 5.36. The number of anilines is 1. The zero-order chi connectivity index (χ0) is 16.8. The molecule has 1 saturated heterocycles. The van der Waals surface area contributed by atoms with Gasteiger partial charge in [0, 0.05) is 32.7 Å². The molecule has 1 fully saturated rings. The fourth-order valence-corrected chi connectivity index (χ4v) is 3.28. The fraction of sp³-hybridized carbons (Fsp3) is 0.353. The van der Waals surface area contributed by atoms with Gasteiger partial charge in [0.15, 0.2) is 0 Å². The second-order valence-corrected chi connectivity index (χ2v) is 6.36. The van der Waals surface area contributed by atoms with Crippen LogP contribution in [-0.2, 0) is 0 Å². The van der Waals surface area contributed by atoms with Crippen LogP contribution < -0.4 is 10.5 Å². The van der Waals surface area contributed by atoms with Gasteiger partial charge in [0.2, 0.25) is 5.95 Å². The number of nitrogens with one attached hydrogen (secondary N) is 1. The van der Waals surface area contributed by atoms with Crippen molar-refractivity contribution in [2.75, 3.05) is 32.1 Å². The smallest absolute Gasteiger partial charge is 0.274 e. The number of hydrogen-bond donors (Lipinski definition) is 1. The Morgan fingerprint density at radius 3 is 2.67 bits per heavy atom. The molecule has 1 aliphatic heterocycles. The molecule has 7 nitrogen and oxygen atoms in total. The summed E-state index contributed by atoms with van der Waals surface area (Å²) in [6, 6.07) is 5.33. The van der Waals surface area contributed by atoms with Gasteiger partial charge in [-0.05, 0) is 31.0 Å². The highest BCUT2D eigenvalue weighted by molar-refractivity contribution is 5.97. The average molecular weight is 325 g/mol. The molecule has 1 aromatic carbocycles. The van der Waals surface area contributed by atoms with Crippen molar-refractivity contribution < 1.29 is 4.79 Å². The number of amides is 1. The lowest BCUT2D eigenvalue weighted by Crippen LogP contribution is -2.23. The minimum Gasteiger partial charge on any atom is -0.345 e. The van der Waals surface area contributed by atoms with Gasteiger partial charge >= 0.3 is 0 Å². The quantitative estimate of drug-likeness (QED) is 0.774. The predicted molar refractivity (Wildman–Crippen MR) is 92.8 cm³/mol. The molecule has 2 aromatic heterocycles. The first kappa shape index (κ1) is 14.7. The Morgan fingerprint density at radius 1 is 1.21 bits per heavy atom. The van der Waals surface area contributed by atoms with Crippen LogP contribution in [0.3, 0.4) is 0 Å². The van der Waals surface area contributed by atoms with Crippen molar-refractivity contribution in [1.82, 2.24) is 19.3 Å². The van der Waals surface area contributed by atoms with Crippen molar-refractivity contribution in [3.05, 3.63) is 40.3 Å². The largest absolute Gasteiger partial charge is 0.345 e. The van der Waals surface area contributed by atoms with Gasteiger partial charge in [-0.3, -0.25) is 14.0 Å². The highest BCUT2D eigenvalue weighted by Crippen LogP contribution is 2.24. The first-order valence-electron chi connectivity index (χ1n) is 8.06. The molecule has 0 bridgehead atoms. The summed E-state index contributed by atoms with van der Waals surface area (Å²) in [4.78, 5) is 35.7. The Labute approximate surface area is 138 Å². The number of benzene rings is 1. The Kier molecular flexibility index (Phi) is 3.30. The van der Waals surface area contributed by atoms with Crippen LogP contribution in [0.4, 0.5) is 5.95 Å². The van der Waals surface area contributed by atoms with Gasteiger partial charge < -0.3 is 14.8 Å². The van der Waals surface area contributed by atoms with Gasteiger partial charge in [-0.1, -0.05) is 0 Å². The van der Waals surface area contributed by atoms with Crippen LogP contribution in [0.5, 0.6) is 0 Å². The lowest BCUT2D eigenvalue weighted by Gasteiger charge is -2.17. The number of carbonyl (C=O) groups is 1. The molecule has 1 aliphatic rings. The fourth-order valence-electron chi connectivity index (χ4n) is 3.28. The second-order valence-electron chi connectivity index (χ2n) is 6.36. The Hall–Kier alpha value is -2.83. The molecule has 1 N–H and O–H groups in total. The molecule has 0 spiro atoms. The van der Waals surface area contributed by atoms with Crippen LogP contribution in [0.25, 0.3) is 16.6 Å². The van der Waals surface area contributed by atoms with E-state index >= 15 is 0 Å². The minimum atomic E-state index is -0.174. The van der Waals surface area contributed by atoms with Gasteiger partial charge in [0.05, 0.1) is 17.2 Å². The standard InChI is InChI=1S/C17H19N5O2/c1-20(2)16(24)11-5-6-12-13(9-11)22-14(15(23)19-12)10-18-17(22)21-7-3-4-8-21/h5-6,9-10H,3-4,7-8H2,1-2H3,(H,19,23). The molecule has 0 aliphatic carbocycles. The van der Waals surface area contributed by atoms with E-state index in [1.165, 1.54) is 0 Å². The Morgan fingerprint density at radius 2 is 1.96 bits per heavy atom. The van der Waals surface area contributed by atoms with Gasteiger partial charge in [0.25, 0.3) is 11.5 Å². The molecule has 3 aromatic rings. The lowest BCUT2D eigenvalue weighted by molar-refractivity contribution is 0.0827. The monoisotopic (exact) mass is 325 g/mol. The van der Waals surface area contributed by atoms with Crippen LogP contribution in [-0.4, -0.2) is 52.4 Å². The summed E-state index contributed by atoms with van der Waals surface area (Å²) in [5.74, 6) is 0.701. The predicted octanol–water partition coefficient (Wildman–Crippen LogP) is 1.48. The number of imidazole rings is 1. The van der Waals surface area contributed by atoms with Crippen molar-refractivity contribution in [2.45, 2.75) is 12.8 Å². The van der Waals surface area contributed by atoms with Crippen molar-refractivity contribution in [2.24, 2.45) is 0 Å². The molecule has 3 heterocycles. The number of carbonyl (C=O) groups excluding carboxylic acids is 1. The third kappa shape index (κ3) is 2.16. The first-order chi connectivity index (χ1) is 11.6. The summed E-state index contributed by atoms with van der Waals surface area (Å²) >= 11 is 0. The SMILES string of the molecule is CN(C)C(=O)c1ccc2[nH]c(=O)c3cnc(N4CCCC4)n3c2c1. The van der Waals surface area contributed by atoms with E-state index in [4.69, 9.17) is 0 Å². The maximum Gasteiger partial charge on any atom is 0.274 e. The minimum absolute atomic E-state index is 0.0703. The molecule has 4 rings (SSSR count). The van der Waals surface area contributed by atoms with E-state index in [-0.39, 0.29) is 11.5 Å². The highest BCUT2D eigenvalue weighted by atomic mass is 16.2. The van der Waals surface area contributed by atoms with E-state index in [0.29, 0.717) is 16.6 Å². The van der Waals surface area contributed by atoms with E-state index < -0.39 is 0 Å². The van der Waals surface area contributed by atoms with Crippen LogP contribution in [0.15, 0.2) is 29.2 Å². The average Bonchev–Trinajstić information content (AvgIpc) is 3.23. The number of aromatic amines is 1. The first-order valence-corrected chi connectivity index (χ1v) is 8.06. The summed E-state index contributed by atoms with van der Waals surface area (Å²) in [5.41, 5.74) is 2.39. The topological polar surface area (TPSA) is 73.7 Å². The van der Waals surface area contributed by atoms with Crippen LogP contribution >= 0.6 is 0 Å². The van der Waals surface area contributed by atoms with E-state index in [2.05, 4.69) is 14.9 Å². The van der Waals surface area contributed by atoms with E-state index in [0.717, 1.165) is 37.4 Å². The summed E-state index contributed by atoms with van der Waals surface area (Å²) in [7, 11) is 3.45. The lowest BCUT2D eigenvalue weighted by atomic mass is 10.1. The third-order valence-electron chi connectivity index (χ3n) is 4.50. The number of H-pyrrole nitrogens is 1. The maximum atomic E-state index is 12.3. The number of nitrogens with zero attached hydrogens (tertiary/aromatic N) is 4. The number of aromatic nitrogens is 3. The third-order valence-corrected chi connectivity index (χ3v) is 4.50. The summed E-state index contributed by atoms with van der Waals surface area (Å²) in [5, 5.41) is 0. The van der Waals surface area contributed by atoms with Crippen molar-refractivity contribution in [3.8, 4) is 0 Å². The van der Waals surface area contributed by atoms with Crippen LogP contribution in [0.1, 0.15) is 23.2 Å². The van der Waals surface area contributed by atoms with Crippen molar-refractivity contribution in [3.63, 3.8) is 0 Å². The van der Waals surface area contributed by atoms with E-state index in [9.17, 15) is 9.59 Å². The molecule has 1 amide bonds. The normalized spacial score (nSPS) is 14.7. The van der Waals surface area contributed by atoms with Crippen molar-refractivity contribution in [1.29, 1.82) is 0 Å². The van der Waals surface area contributed by atoms with Gasteiger partial charge in [-0.25, -0.2) is 4.98 Å². The molecular formula is C17H19N5O2. The van der Waals surface area contributed by atoms with Gasteiger partial charge in [0.1, 0.15) is 5.52 Å². The molecule has 0 unspecified atom stereocenters. The highest BCUT2D eigenvalue weighted by Gasteiger charge is 2.20. The molecule has 0 saturated carbocycles.